The normalized spacial score (nSPS) is 19.4. The van der Waals surface area contributed by atoms with Crippen molar-refractivity contribution in [3.05, 3.63) is 0 Å². The minimum atomic E-state index is -0.710. The Morgan fingerprint density at radius 3 is 2.50 bits per heavy atom. The van der Waals surface area contributed by atoms with Crippen LogP contribution in [-0.2, 0) is 4.79 Å². The lowest BCUT2D eigenvalue weighted by molar-refractivity contribution is -0.140. The summed E-state index contributed by atoms with van der Waals surface area (Å²) in [5.74, 6) is 0.451. The lowest BCUT2D eigenvalue weighted by Gasteiger charge is -2.27. The smallest absolute Gasteiger partial charge is 0.320 e. The summed E-state index contributed by atoms with van der Waals surface area (Å²) < 4.78 is 0. The number of carbonyl (C=O) groups is 1. The predicted molar refractivity (Wildman–Crippen MR) is 56.2 cm³/mol. The third-order valence-electron chi connectivity index (χ3n) is 2.88. The quantitative estimate of drug-likeness (QED) is 0.686. The van der Waals surface area contributed by atoms with Gasteiger partial charge in [-0.1, -0.05) is 20.3 Å². The molecular formula is C11H21NO2. The molecule has 1 aliphatic carbocycles. The highest BCUT2D eigenvalue weighted by molar-refractivity contribution is 5.73. The van der Waals surface area contributed by atoms with Crippen molar-refractivity contribution in [1.29, 1.82) is 0 Å². The Kier molecular flexibility index (Phi) is 4.39. The summed E-state index contributed by atoms with van der Waals surface area (Å²) in [6, 6.07) is -0.351. The van der Waals surface area contributed by atoms with Crippen LogP contribution in [0.1, 0.15) is 39.5 Å². The van der Waals surface area contributed by atoms with Gasteiger partial charge < -0.3 is 10.4 Å². The minimum Gasteiger partial charge on any atom is -0.480 e. The summed E-state index contributed by atoms with van der Waals surface area (Å²) >= 11 is 0. The summed E-state index contributed by atoms with van der Waals surface area (Å²) in [6.45, 7) is 4.99. The molecule has 0 aromatic rings. The zero-order valence-corrected chi connectivity index (χ0v) is 9.12. The maximum atomic E-state index is 10.9. The molecule has 3 nitrogen and oxygen atoms in total. The molecule has 1 unspecified atom stereocenters. The molecule has 0 bridgehead atoms. The van der Waals surface area contributed by atoms with Gasteiger partial charge >= 0.3 is 5.97 Å². The first-order valence-electron chi connectivity index (χ1n) is 5.55. The summed E-state index contributed by atoms with van der Waals surface area (Å²) in [6.07, 6.45) is 4.57. The average Bonchev–Trinajstić information content (AvgIpc) is 1.98. The van der Waals surface area contributed by atoms with Gasteiger partial charge in [0, 0.05) is 0 Å². The molecule has 3 heteroatoms. The van der Waals surface area contributed by atoms with E-state index in [0.717, 1.165) is 18.9 Å². The van der Waals surface area contributed by atoms with E-state index in [-0.39, 0.29) is 6.04 Å². The molecule has 1 rings (SSSR count). The first-order valence-corrected chi connectivity index (χ1v) is 5.55. The van der Waals surface area contributed by atoms with Gasteiger partial charge in [-0.05, 0) is 37.6 Å². The maximum absolute atomic E-state index is 10.9. The molecule has 0 aliphatic heterocycles. The van der Waals surface area contributed by atoms with Gasteiger partial charge in [0.25, 0.3) is 0 Å². The number of carboxylic acids is 1. The highest BCUT2D eigenvalue weighted by Crippen LogP contribution is 2.25. The second-order valence-electron chi connectivity index (χ2n) is 4.73. The van der Waals surface area contributed by atoms with Crippen LogP contribution in [0.25, 0.3) is 0 Å². The topological polar surface area (TPSA) is 49.3 Å². The summed E-state index contributed by atoms with van der Waals surface area (Å²) in [5.41, 5.74) is 0. The second-order valence-corrected chi connectivity index (χ2v) is 4.73. The van der Waals surface area contributed by atoms with E-state index in [1.54, 1.807) is 0 Å². The van der Waals surface area contributed by atoms with Gasteiger partial charge in [-0.2, -0.15) is 0 Å². The molecule has 0 aromatic heterocycles. The highest BCUT2D eigenvalue weighted by Gasteiger charge is 2.22. The molecule has 1 aliphatic rings. The van der Waals surface area contributed by atoms with Crippen LogP contribution >= 0.6 is 0 Å². The Hall–Kier alpha value is -0.570. The summed E-state index contributed by atoms with van der Waals surface area (Å²) in [7, 11) is 0. The Morgan fingerprint density at radius 2 is 2.14 bits per heavy atom. The van der Waals surface area contributed by atoms with Crippen LogP contribution in [0.3, 0.4) is 0 Å². The Morgan fingerprint density at radius 1 is 1.50 bits per heavy atom. The summed E-state index contributed by atoms with van der Waals surface area (Å²) in [5, 5.41) is 12.1. The second kappa shape index (κ2) is 5.35. The zero-order valence-electron chi connectivity index (χ0n) is 9.12. The van der Waals surface area contributed by atoms with Crippen molar-refractivity contribution < 1.29 is 9.90 Å². The summed E-state index contributed by atoms with van der Waals surface area (Å²) in [4.78, 5) is 10.9. The van der Waals surface area contributed by atoms with Crippen LogP contribution in [0.4, 0.5) is 0 Å². The predicted octanol–water partition coefficient (Wildman–Crippen LogP) is 1.88. The van der Waals surface area contributed by atoms with Crippen molar-refractivity contribution in [2.75, 3.05) is 6.54 Å². The van der Waals surface area contributed by atoms with Gasteiger partial charge in [-0.15, -0.1) is 0 Å². The Bertz CT molecular complexity index is 188. The van der Waals surface area contributed by atoms with Crippen molar-refractivity contribution in [2.24, 2.45) is 11.8 Å². The molecule has 0 heterocycles. The average molecular weight is 199 g/mol. The number of hydrogen-bond acceptors (Lipinski definition) is 2. The maximum Gasteiger partial charge on any atom is 0.320 e. The Labute approximate surface area is 85.9 Å². The first-order chi connectivity index (χ1) is 6.59. The molecule has 0 spiro atoms. The number of rotatable bonds is 6. The van der Waals surface area contributed by atoms with Crippen molar-refractivity contribution >= 4 is 5.97 Å². The standard InChI is InChI=1S/C11H21NO2/c1-8(2)6-10(11(13)14)12-7-9-4-3-5-9/h8-10,12H,3-7H2,1-2H3,(H,13,14). The largest absolute Gasteiger partial charge is 0.480 e. The van der Waals surface area contributed by atoms with Crippen LogP contribution in [0.2, 0.25) is 0 Å². The van der Waals surface area contributed by atoms with Crippen molar-refractivity contribution in [2.45, 2.75) is 45.6 Å². The number of hydrogen-bond donors (Lipinski definition) is 2. The highest BCUT2D eigenvalue weighted by atomic mass is 16.4. The van der Waals surface area contributed by atoms with Gasteiger partial charge in [-0.3, -0.25) is 4.79 Å². The van der Waals surface area contributed by atoms with Gasteiger partial charge in [-0.25, -0.2) is 0 Å². The first kappa shape index (κ1) is 11.5. The van der Waals surface area contributed by atoms with Crippen molar-refractivity contribution in [3.63, 3.8) is 0 Å². The monoisotopic (exact) mass is 199 g/mol. The molecule has 14 heavy (non-hydrogen) atoms. The number of nitrogens with one attached hydrogen (secondary N) is 1. The molecule has 0 radical (unpaired) electrons. The van der Waals surface area contributed by atoms with Gasteiger partial charge in [0.2, 0.25) is 0 Å². The van der Waals surface area contributed by atoms with E-state index in [1.165, 1.54) is 19.3 Å². The molecule has 82 valence electrons. The third kappa shape index (κ3) is 3.66. The molecular weight excluding hydrogens is 178 g/mol. The number of carboxylic acid groups (broad SMARTS) is 1. The van der Waals surface area contributed by atoms with Gasteiger partial charge in [0.1, 0.15) is 6.04 Å². The van der Waals surface area contributed by atoms with E-state index in [9.17, 15) is 4.79 Å². The van der Waals surface area contributed by atoms with Crippen LogP contribution in [-0.4, -0.2) is 23.7 Å². The minimum absolute atomic E-state index is 0.351. The fourth-order valence-corrected chi connectivity index (χ4v) is 1.75. The Balaban J connectivity index is 2.23. The van der Waals surface area contributed by atoms with E-state index in [4.69, 9.17) is 5.11 Å². The fourth-order valence-electron chi connectivity index (χ4n) is 1.75. The molecule has 1 saturated carbocycles. The molecule has 2 N–H and O–H groups in total. The van der Waals surface area contributed by atoms with Gasteiger partial charge in [0.15, 0.2) is 0 Å². The molecule has 1 atom stereocenters. The molecule has 0 saturated heterocycles. The van der Waals surface area contributed by atoms with Gasteiger partial charge in [0.05, 0.1) is 0 Å². The number of aliphatic carboxylic acids is 1. The SMILES string of the molecule is CC(C)CC(NCC1CCC1)C(=O)O. The fraction of sp³-hybridized carbons (Fsp3) is 0.909. The van der Waals surface area contributed by atoms with E-state index in [1.807, 2.05) is 0 Å². The van der Waals surface area contributed by atoms with E-state index < -0.39 is 5.97 Å². The molecule has 1 fully saturated rings. The van der Waals surface area contributed by atoms with Crippen molar-refractivity contribution in [1.82, 2.24) is 5.32 Å². The van der Waals surface area contributed by atoms with Crippen LogP contribution in [0.15, 0.2) is 0 Å². The molecule has 0 amide bonds. The lowest BCUT2D eigenvalue weighted by atomic mass is 9.85. The van der Waals surface area contributed by atoms with Crippen LogP contribution in [0.5, 0.6) is 0 Å². The van der Waals surface area contributed by atoms with E-state index in [0.29, 0.717) is 5.92 Å². The molecule has 0 aromatic carbocycles. The lowest BCUT2D eigenvalue weighted by Crippen LogP contribution is -2.41. The van der Waals surface area contributed by atoms with Crippen LogP contribution < -0.4 is 5.32 Å². The third-order valence-corrected chi connectivity index (χ3v) is 2.88. The van der Waals surface area contributed by atoms with E-state index in [2.05, 4.69) is 19.2 Å². The van der Waals surface area contributed by atoms with Crippen molar-refractivity contribution in [3.8, 4) is 0 Å². The van der Waals surface area contributed by atoms with Crippen LogP contribution in [0, 0.1) is 11.8 Å². The zero-order chi connectivity index (χ0) is 10.6. The van der Waals surface area contributed by atoms with E-state index >= 15 is 0 Å².